The van der Waals surface area contributed by atoms with E-state index in [0.29, 0.717) is 18.8 Å². The Balaban J connectivity index is 2.69. The zero-order valence-electron chi connectivity index (χ0n) is 11.7. The molecule has 0 amide bonds. The molecule has 116 valence electrons. The van der Waals surface area contributed by atoms with Crippen LogP contribution in [-0.4, -0.2) is 42.0 Å². The van der Waals surface area contributed by atoms with E-state index in [9.17, 15) is 14.4 Å². The van der Waals surface area contributed by atoms with Gasteiger partial charge in [0, 0.05) is 6.54 Å². The first kappa shape index (κ1) is 17.2. The summed E-state index contributed by atoms with van der Waals surface area (Å²) in [5, 5.41) is 6.75. The van der Waals surface area contributed by atoms with Crippen molar-refractivity contribution in [1.29, 1.82) is 0 Å². The molecule has 1 aromatic rings. The molecule has 1 aromatic heterocycles. The van der Waals surface area contributed by atoms with Crippen molar-refractivity contribution in [3.05, 3.63) is 21.0 Å². The number of nitrogens with one attached hydrogen (secondary N) is 1. The molecule has 0 aliphatic rings. The third kappa shape index (κ3) is 5.18. The van der Waals surface area contributed by atoms with Gasteiger partial charge in [-0.15, -0.1) is 0 Å². The van der Waals surface area contributed by atoms with Crippen LogP contribution in [0.5, 0.6) is 0 Å². The highest BCUT2D eigenvalue weighted by molar-refractivity contribution is 9.10. The Morgan fingerprint density at radius 2 is 2.14 bits per heavy atom. The number of ether oxygens (including phenoxy) is 2. The SMILES string of the molecule is CCOC(=O)CCNc1cnn(CC(=O)OC)c(=O)c1Br. The third-order valence-corrected chi connectivity index (χ3v) is 3.21. The van der Waals surface area contributed by atoms with Gasteiger partial charge in [-0.2, -0.15) is 5.10 Å². The smallest absolute Gasteiger partial charge is 0.327 e. The molecule has 0 atom stereocenters. The Morgan fingerprint density at radius 1 is 1.43 bits per heavy atom. The molecule has 0 saturated carbocycles. The number of esters is 2. The van der Waals surface area contributed by atoms with Crippen LogP contribution >= 0.6 is 15.9 Å². The third-order valence-electron chi connectivity index (χ3n) is 2.44. The molecule has 0 aromatic carbocycles. The molecule has 8 nitrogen and oxygen atoms in total. The second-order valence-electron chi connectivity index (χ2n) is 3.89. The van der Waals surface area contributed by atoms with E-state index in [1.54, 1.807) is 6.92 Å². The van der Waals surface area contributed by atoms with Crippen LogP contribution in [0.2, 0.25) is 0 Å². The van der Waals surface area contributed by atoms with Gasteiger partial charge in [-0.05, 0) is 22.9 Å². The predicted molar refractivity (Wildman–Crippen MR) is 78.0 cm³/mol. The van der Waals surface area contributed by atoms with Crippen LogP contribution in [0, 0.1) is 0 Å². The number of hydrogen-bond acceptors (Lipinski definition) is 7. The van der Waals surface area contributed by atoms with E-state index < -0.39 is 11.5 Å². The summed E-state index contributed by atoms with van der Waals surface area (Å²) < 4.78 is 10.5. The molecule has 1 N–H and O–H groups in total. The van der Waals surface area contributed by atoms with E-state index in [0.717, 1.165) is 4.68 Å². The van der Waals surface area contributed by atoms with Gasteiger partial charge in [0.15, 0.2) is 0 Å². The average Bonchev–Trinajstić information content (AvgIpc) is 2.46. The molecule has 0 saturated heterocycles. The van der Waals surface area contributed by atoms with Crippen molar-refractivity contribution in [3.8, 4) is 0 Å². The fourth-order valence-electron chi connectivity index (χ4n) is 1.42. The number of rotatable bonds is 7. The minimum Gasteiger partial charge on any atom is -0.468 e. The first-order valence-corrected chi connectivity index (χ1v) is 7.00. The van der Waals surface area contributed by atoms with Gasteiger partial charge in [-0.25, -0.2) is 4.68 Å². The number of anilines is 1. The van der Waals surface area contributed by atoms with Crippen molar-refractivity contribution in [2.75, 3.05) is 25.6 Å². The molecule has 0 radical (unpaired) electrons. The summed E-state index contributed by atoms with van der Waals surface area (Å²) in [6.07, 6.45) is 1.56. The second-order valence-corrected chi connectivity index (χ2v) is 4.69. The van der Waals surface area contributed by atoms with E-state index >= 15 is 0 Å². The summed E-state index contributed by atoms with van der Waals surface area (Å²) in [6, 6.07) is 0. The molecule has 1 heterocycles. The molecule has 0 fully saturated rings. The number of methoxy groups -OCH3 is 1. The molecule has 9 heteroatoms. The van der Waals surface area contributed by atoms with Gasteiger partial charge < -0.3 is 14.8 Å². The van der Waals surface area contributed by atoms with Crippen molar-refractivity contribution in [1.82, 2.24) is 9.78 Å². The molecule has 0 spiro atoms. The molecule has 21 heavy (non-hydrogen) atoms. The van der Waals surface area contributed by atoms with Gasteiger partial charge in [-0.1, -0.05) is 0 Å². The van der Waals surface area contributed by atoms with Crippen molar-refractivity contribution < 1.29 is 19.1 Å². The van der Waals surface area contributed by atoms with E-state index in [1.165, 1.54) is 13.3 Å². The van der Waals surface area contributed by atoms with Crippen LogP contribution in [0.25, 0.3) is 0 Å². The second kappa shape index (κ2) is 8.40. The van der Waals surface area contributed by atoms with Crippen LogP contribution < -0.4 is 10.9 Å². The first-order chi connectivity index (χ1) is 9.99. The maximum atomic E-state index is 12.0. The Labute approximate surface area is 129 Å². The number of hydrogen-bond donors (Lipinski definition) is 1. The largest absolute Gasteiger partial charge is 0.468 e. The Kier molecular flexibility index (Phi) is 6.86. The Bertz CT molecular complexity index is 573. The molecular weight excluding hydrogens is 346 g/mol. The van der Waals surface area contributed by atoms with Crippen LogP contribution in [0.3, 0.4) is 0 Å². The lowest BCUT2D eigenvalue weighted by Crippen LogP contribution is -2.28. The van der Waals surface area contributed by atoms with Gasteiger partial charge in [-0.3, -0.25) is 14.4 Å². The number of nitrogens with zero attached hydrogens (tertiary/aromatic N) is 2. The minimum atomic E-state index is -0.570. The van der Waals surface area contributed by atoms with Gasteiger partial charge in [0.25, 0.3) is 5.56 Å². The Morgan fingerprint density at radius 3 is 2.76 bits per heavy atom. The molecule has 0 aliphatic heterocycles. The summed E-state index contributed by atoms with van der Waals surface area (Å²) >= 11 is 3.14. The van der Waals surface area contributed by atoms with Crippen LogP contribution in [-0.2, 0) is 25.6 Å². The number of aromatic nitrogens is 2. The highest BCUT2D eigenvalue weighted by Crippen LogP contribution is 2.15. The zero-order chi connectivity index (χ0) is 15.8. The fourth-order valence-corrected chi connectivity index (χ4v) is 1.87. The predicted octanol–water partition coefficient (Wildman–Crippen LogP) is 0.544. The minimum absolute atomic E-state index is 0.172. The maximum Gasteiger partial charge on any atom is 0.327 e. The van der Waals surface area contributed by atoms with Crippen molar-refractivity contribution >= 4 is 33.6 Å². The summed E-state index contributed by atoms with van der Waals surface area (Å²) in [7, 11) is 1.23. The summed E-state index contributed by atoms with van der Waals surface area (Å²) in [5.41, 5.74) is -0.0352. The van der Waals surface area contributed by atoms with Gasteiger partial charge in [0.2, 0.25) is 0 Å². The number of halogens is 1. The number of carbonyl (C=O) groups excluding carboxylic acids is 2. The molecule has 0 aliphatic carbocycles. The van der Waals surface area contributed by atoms with Crippen LogP contribution in [0.4, 0.5) is 5.69 Å². The van der Waals surface area contributed by atoms with Crippen LogP contribution in [0.1, 0.15) is 13.3 Å². The van der Waals surface area contributed by atoms with E-state index in [2.05, 4.69) is 31.1 Å². The topological polar surface area (TPSA) is 99.5 Å². The average molecular weight is 362 g/mol. The first-order valence-electron chi connectivity index (χ1n) is 6.21. The fraction of sp³-hybridized carbons (Fsp3) is 0.500. The van der Waals surface area contributed by atoms with E-state index in [1.807, 2.05) is 0 Å². The molecular formula is C12H16BrN3O5. The van der Waals surface area contributed by atoms with E-state index in [4.69, 9.17) is 4.74 Å². The standard InChI is InChI=1S/C12H16BrN3O5/c1-3-21-9(17)4-5-14-8-6-15-16(7-10(18)20-2)12(19)11(8)13/h6,14H,3-5,7H2,1-2H3. The molecule has 1 rings (SSSR count). The lowest BCUT2D eigenvalue weighted by atomic mass is 10.4. The van der Waals surface area contributed by atoms with Crippen molar-refractivity contribution in [3.63, 3.8) is 0 Å². The summed E-state index contributed by atoms with van der Waals surface area (Å²) in [4.78, 5) is 34.3. The van der Waals surface area contributed by atoms with Crippen molar-refractivity contribution in [2.45, 2.75) is 19.9 Å². The zero-order valence-corrected chi connectivity index (χ0v) is 13.3. The van der Waals surface area contributed by atoms with Gasteiger partial charge >= 0.3 is 11.9 Å². The normalized spacial score (nSPS) is 10.0. The Hall–Kier alpha value is -1.90. The quantitative estimate of drug-likeness (QED) is 0.707. The lowest BCUT2D eigenvalue weighted by Gasteiger charge is -2.09. The number of carbonyl (C=O) groups is 2. The summed E-state index contributed by atoms with van der Waals surface area (Å²) in [5.74, 6) is -0.896. The monoisotopic (exact) mass is 361 g/mol. The van der Waals surface area contributed by atoms with Crippen molar-refractivity contribution in [2.24, 2.45) is 0 Å². The van der Waals surface area contributed by atoms with Gasteiger partial charge in [0.1, 0.15) is 11.0 Å². The highest BCUT2D eigenvalue weighted by atomic mass is 79.9. The van der Waals surface area contributed by atoms with Crippen LogP contribution in [0.15, 0.2) is 15.5 Å². The summed E-state index contributed by atoms with van der Waals surface area (Å²) in [6.45, 7) is 2.09. The highest BCUT2D eigenvalue weighted by Gasteiger charge is 2.12. The van der Waals surface area contributed by atoms with E-state index in [-0.39, 0.29) is 23.4 Å². The molecule has 0 unspecified atom stereocenters. The van der Waals surface area contributed by atoms with Gasteiger partial charge in [0.05, 0.1) is 32.0 Å². The lowest BCUT2D eigenvalue weighted by molar-refractivity contribution is -0.143. The molecule has 0 bridgehead atoms. The maximum absolute atomic E-state index is 12.0.